The summed E-state index contributed by atoms with van der Waals surface area (Å²) in [5.41, 5.74) is -3.27. The summed E-state index contributed by atoms with van der Waals surface area (Å²) in [5, 5.41) is 138. The van der Waals surface area contributed by atoms with Crippen molar-refractivity contribution in [2.45, 2.75) is 221 Å². The van der Waals surface area contributed by atoms with Crippen LogP contribution in [0.15, 0.2) is 0 Å². The highest BCUT2D eigenvalue weighted by Gasteiger charge is 2.73. The molecular weight excluding hydrogens is 892 g/mol. The van der Waals surface area contributed by atoms with Crippen LogP contribution in [-0.4, -0.2) is 221 Å². The lowest BCUT2D eigenvalue weighted by molar-refractivity contribution is -0.403. The van der Waals surface area contributed by atoms with Gasteiger partial charge < -0.3 is 104 Å². The van der Waals surface area contributed by atoms with Gasteiger partial charge in [0.05, 0.1) is 36.9 Å². The molecular formula is C45H74O22. The van der Waals surface area contributed by atoms with Crippen molar-refractivity contribution >= 4 is 5.97 Å². The molecule has 4 aliphatic heterocycles. The molecule has 0 amide bonds. The molecule has 1 spiro atoms. The number of carbonyl (C=O) groups is 1. The van der Waals surface area contributed by atoms with E-state index in [4.69, 9.17) is 37.9 Å². The molecule has 4 heterocycles. The predicted octanol–water partition coefficient (Wildman–Crippen LogP) is -3.62. The van der Waals surface area contributed by atoms with E-state index < -0.39 is 165 Å². The summed E-state index contributed by atoms with van der Waals surface area (Å²) in [6.45, 7) is 7.52. The van der Waals surface area contributed by atoms with Crippen LogP contribution in [0, 0.1) is 33.5 Å². The van der Waals surface area contributed by atoms with E-state index in [0.29, 0.717) is 51.4 Å². The smallest absolute Gasteiger partial charge is 0.314 e. The zero-order valence-electron chi connectivity index (χ0n) is 38.7. The van der Waals surface area contributed by atoms with Crippen LogP contribution in [0.5, 0.6) is 0 Å². The van der Waals surface area contributed by atoms with E-state index in [1.54, 1.807) is 0 Å². The second-order valence-corrected chi connectivity index (χ2v) is 22.1. The van der Waals surface area contributed by atoms with Gasteiger partial charge in [-0.25, -0.2) is 0 Å². The maximum absolute atomic E-state index is 14.3. The number of fused-ring (bicyclic) bond motifs is 3. The van der Waals surface area contributed by atoms with Crippen molar-refractivity contribution in [1.82, 2.24) is 0 Å². The first kappa shape index (κ1) is 52.0. The van der Waals surface area contributed by atoms with E-state index in [2.05, 4.69) is 20.8 Å². The topological polar surface area (TPSA) is 354 Å². The predicted molar refractivity (Wildman–Crippen MR) is 222 cm³/mol. The number of hydrogen-bond acceptors (Lipinski definition) is 22. The number of carbonyl (C=O) groups excluding carboxylic acids is 1. The van der Waals surface area contributed by atoms with Crippen LogP contribution in [0.2, 0.25) is 0 Å². The molecule has 8 rings (SSSR count). The Balaban J connectivity index is 1.08. The second kappa shape index (κ2) is 18.9. The molecule has 22 nitrogen and oxygen atoms in total. The van der Waals surface area contributed by atoms with Gasteiger partial charge in [-0.3, -0.25) is 4.79 Å². The summed E-state index contributed by atoms with van der Waals surface area (Å²) in [6.07, 6.45) is -26.6. The van der Waals surface area contributed by atoms with E-state index in [1.165, 1.54) is 6.92 Å². The highest BCUT2D eigenvalue weighted by molar-refractivity contribution is 5.77. The first-order chi connectivity index (χ1) is 31.4. The number of aliphatic hydroxyl groups excluding tert-OH is 13. The minimum absolute atomic E-state index is 0.0886. The molecule has 67 heavy (non-hydrogen) atoms. The molecule has 0 aromatic carbocycles. The van der Waals surface area contributed by atoms with Gasteiger partial charge in [0.2, 0.25) is 6.29 Å². The van der Waals surface area contributed by atoms with Crippen molar-refractivity contribution in [3.8, 4) is 0 Å². The van der Waals surface area contributed by atoms with Gasteiger partial charge in [-0.15, -0.1) is 0 Å². The first-order valence-corrected chi connectivity index (χ1v) is 23.9. The maximum Gasteiger partial charge on any atom is 0.314 e. The van der Waals surface area contributed by atoms with Gasteiger partial charge in [0.25, 0.3) is 0 Å². The molecule has 8 fully saturated rings. The van der Waals surface area contributed by atoms with Crippen LogP contribution in [-0.2, 0) is 42.7 Å². The Kier molecular flexibility index (Phi) is 14.7. The van der Waals surface area contributed by atoms with Gasteiger partial charge in [0.1, 0.15) is 91.6 Å². The van der Waals surface area contributed by atoms with E-state index in [9.17, 15) is 71.2 Å². The van der Waals surface area contributed by atoms with Crippen molar-refractivity contribution in [3.05, 3.63) is 0 Å². The molecule has 4 saturated carbocycles. The van der Waals surface area contributed by atoms with Gasteiger partial charge >= 0.3 is 5.97 Å². The largest absolute Gasteiger partial charge is 0.432 e. The van der Waals surface area contributed by atoms with Gasteiger partial charge in [0, 0.05) is 0 Å². The molecule has 0 radical (unpaired) electrons. The van der Waals surface area contributed by atoms with Crippen LogP contribution in [0.4, 0.5) is 0 Å². The Bertz CT molecular complexity index is 1740. The Morgan fingerprint density at radius 2 is 1.04 bits per heavy atom. The Labute approximate surface area is 388 Å². The number of ether oxygens (including phenoxy) is 8. The number of rotatable bonds is 11. The SMILES string of the molecule is CC1OC(OC2C(OC34CC[C@@H]5[C@](CC[C@H]6[C@@]5(C)CCC[C@@]6(C)C(=O)OC5OC(CO)C(O)C(O)C5O)(CC3(C)C)C4)OC(CO)C(O)C2OC2OC(CO)C(O)C(O)C2O)C(O)C(O)C1O. The fraction of sp³-hybridized carbons (Fsp3) is 0.978. The molecule has 4 saturated heterocycles. The Hall–Kier alpha value is -1.33. The molecule has 22 heteroatoms. The third kappa shape index (κ3) is 8.52. The lowest BCUT2D eigenvalue weighted by Gasteiger charge is -2.64. The third-order valence-corrected chi connectivity index (χ3v) is 17.9. The molecule has 8 aliphatic rings. The Morgan fingerprint density at radius 1 is 0.537 bits per heavy atom. The van der Waals surface area contributed by atoms with E-state index in [0.717, 1.165) is 6.42 Å². The average Bonchev–Trinajstić information content (AvgIpc) is 3.44. The molecule has 0 aromatic heterocycles. The molecule has 21 unspecified atom stereocenters. The molecule has 0 aromatic rings. The molecule has 13 N–H and O–H groups in total. The Morgan fingerprint density at radius 3 is 1.66 bits per heavy atom. The highest BCUT2D eigenvalue weighted by atomic mass is 16.8. The van der Waals surface area contributed by atoms with Crippen LogP contribution in [0.3, 0.4) is 0 Å². The molecule has 386 valence electrons. The van der Waals surface area contributed by atoms with Crippen molar-refractivity contribution in [3.63, 3.8) is 0 Å². The third-order valence-electron chi connectivity index (χ3n) is 17.9. The molecule has 26 atom stereocenters. The van der Waals surface area contributed by atoms with Crippen LogP contribution >= 0.6 is 0 Å². The van der Waals surface area contributed by atoms with Gasteiger partial charge in [-0.05, 0) is 93.3 Å². The quantitative estimate of drug-likeness (QED) is 0.0702. The fourth-order valence-electron chi connectivity index (χ4n) is 14.2. The van der Waals surface area contributed by atoms with Crippen molar-refractivity contribution in [2.75, 3.05) is 19.8 Å². The minimum atomic E-state index is -1.91. The van der Waals surface area contributed by atoms with Crippen LogP contribution in [0.1, 0.15) is 92.4 Å². The van der Waals surface area contributed by atoms with Crippen LogP contribution < -0.4 is 0 Å². The van der Waals surface area contributed by atoms with Crippen molar-refractivity contribution in [1.29, 1.82) is 0 Å². The summed E-state index contributed by atoms with van der Waals surface area (Å²) in [6, 6.07) is 0. The summed E-state index contributed by atoms with van der Waals surface area (Å²) in [5.74, 6) is -0.677. The van der Waals surface area contributed by atoms with Gasteiger partial charge in [-0.1, -0.05) is 27.2 Å². The zero-order valence-corrected chi connectivity index (χ0v) is 38.7. The normalized spacial score (nSPS) is 55.3. The van der Waals surface area contributed by atoms with E-state index in [1.807, 2.05) is 6.92 Å². The lowest BCUT2D eigenvalue weighted by atomic mass is 9.41. The first-order valence-electron chi connectivity index (χ1n) is 23.9. The summed E-state index contributed by atoms with van der Waals surface area (Å²) < 4.78 is 49.0. The van der Waals surface area contributed by atoms with E-state index in [-0.39, 0.29) is 22.7 Å². The number of esters is 1. The van der Waals surface area contributed by atoms with Gasteiger partial charge in [0.15, 0.2) is 18.9 Å². The summed E-state index contributed by atoms with van der Waals surface area (Å²) in [7, 11) is 0. The second-order valence-electron chi connectivity index (χ2n) is 22.1. The van der Waals surface area contributed by atoms with Crippen LogP contribution in [0.25, 0.3) is 0 Å². The highest BCUT2D eigenvalue weighted by Crippen LogP contribution is 2.76. The summed E-state index contributed by atoms with van der Waals surface area (Å²) in [4.78, 5) is 14.3. The average molecular weight is 967 g/mol. The monoisotopic (exact) mass is 966 g/mol. The molecule has 4 aliphatic carbocycles. The van der Waals surface area contributed by atoms with Crippen molar-refractivity contribution < 1.29 is 109 Å². The zero-order chi connectivity index (χ0) is 48.9. The minimum Gasteiger partial charge on any atom is -0.432 e. The van der Waals surface area contributed by atoms with E-state index >= 15 is 0 Å². The number of aliphatic hydroxyl groups is 13. The fourth-order valence-corrected chi connectivity index (χ4v) is 14.2. The maximum atomic E-state index is 14.3. The number of hydrogen-bond donors (Lipinski definition) is 13. The summed E-state index contributed by atoms with van der Waals surface area (Å²) >= 11 is 0. The standard InChI is InChI=1S/C45H74O22/c1-18-24(49)28(53)31(56)36(60-18)65-35-34(64-37-32(57)29(54)25(50)19(13-46)61-37)27(52)21(15-48)63-39(35)67-45-12-8-23-42(4)9-6-10-43(5,22(42)7-11-44(23,17-45)16-41(45,2)3)40(59)66-38-33(58)30(55)26(51)20(14-47)62-38/h18-39,46-58H,6-17H2,1-5H3/t18?,19?,20?,21?,22-,23-,24?,25?,26?,27?,28?,29?,30?,31?,32?,33?,34?,35?,36?,37?,38?,39?,42+,43+,44+,45?/m0/s1. The van der Waals surface area contributed by atoms with Crippen molar-refractivity contribution in [2.24, 2.45) is 33.5 Å². The molecule has 2 bridgehead atoms. The lowest BCUT2D eigenvalue weighted by Crippen LogP contribution is -2.68. The van der Waals surface area contributed by atoms with Gasteiger partial charge in [-0.2, -0.15) is 0 Å².